The van der Waals surface area contributed by atoms with Crippen molar-refractivity contribution in [3.05, 3.63) is 11.4 Å². The third-order valence-electron chi connectivity index (χ3n) is 4.28. The van der Waals surface area contributed by atoms with E-state index in [4.69, 9.17) is 0 Å². The molecule has 3 heterocycles. The minimum Gasteiger partial charge on any atom is -0.314 e. The summed E-state index contributed by atoms with van der Waals surface area (Å²) in [6, 6.07) is 0.498. The van der Waals surface area contributed by atoms with Crippen LogP contribution >= 0.6 is 0 Å². The quantitative estimate of drug-likeness (QED) is 0.824. The minimum atomic E-state index is -3.41. The van der Waals surface area contributed by atoms with Gasteiger partial charge >= 0.3 is 0 Å². The summed E-state index contributed by atoms with van der Waals surface area (Å²) in [5.41, 5.74) is 1.19. The van der Waals surface area contributed by atoms with Gasteiger partial charge < -0.3 is 5.32 Å². The molecule has 0 radical (unpaired) electrons. The van der Waals surface area contributed by atoms with Crippen LogP contribution in [0.15, 0.2) is 4.90 Å². The first-order valence-corrected chi connectivity index (χ1v) is 8.19. The number of hydrogen-bond donors (Lipinski definition) is 2. The normalized spacial score (nSPS) is 28.5. The first-order chi connectivity index (χ1) is 9.00. The van der Waals surface area contributed by atoms with Gasteiger partial charge in [0.2, 0.25) is 10.0 Å². The van der Waals surface area contributed by atoms with Crippen LogP contribution < -0.4 is 5.32 Å². The molecular weight excluding hydrogens is 264 g/mol. The van der Waals surface area contributed by atoms with Crippen molar-refractivity contribution in [2.75, 3.05) is 19.6 Å². The van der Waals surface area contributed by atoms with Crippen LogP contribution in [0.1, 0.15) is 24.2 Å². The monoisotopic (exact) mass is 284 g/mol. The Bertz CT molecular complexity index is 561. The molecule has 0 aromatic carbocycles. The molecule has 7 heteroatoms. The number of rotatable bonds is 2. The van der Waals surface area contributed by atoms with Crippen molar-refractivity contribution < 1.29 is 8.42 Å². The predicted molar refractivity (Wildman–Crippen MR) is 71.3 cm³/mol. The van der Waals surface area contributed by atoms with Gasteiger partial charge in [0.15, 0.2) is 0 Å². The van der Waals surface area contributed by atoms with E-state index < -0.39 is 10.0 Å². The lowest BCUT2D eigenvalue weighted by molar-refractivity contribution is 0.247. The molecule has 6 nitrogen and oxygen atoms in total. The van der Waals surface area contributed by atoms with E-state index >= 15 is 0 Å². The number of hydrogen-bond acceptors (Lipinski definition) is 4. The van der Waals surface area contributed by atoms with Gasteiger partial charge in [-0.25, -0.2) is 8.42 Å². The van der Waals surface area contributed by atoms with Gasteiger partial charge in [0, 0.05) is 19.1 Å². The predicted octanol–water partition coefficient (Wildman–Crippen LogP) is 0.399. The standard InChI is InChI=1S/C12H20N4O2S/c1-8-12(9(2)15-14-8)19(17,18)16-6-4-11-10(7-16)3-5-13-11/h10-11,13H,3-7H2,1-2H3,(H,14,15). The minimum absolute atomic E-state index is 0.358. The highest BCUT2D eigenvalue weighted by atomic mass is 32.2. The Labute approximate surface area is 113 Å². The summed E-state index contributed by atoms with van der Waals surface area (Å²) in [6.45, 7) is 5.73. The molecule has 0 aliphatic carbocycles. The van der Waals surface area contributed by atoms with Crippen molar-refractivity contribution in [3.63, 3.8) is 0 Å². The molecule has 2 fully saturated rings. The lowest BCUT2D eigenvalue weighted by Gasteiger charge is -2.33. The fraction of sp³-hybridized carbons (Fsp3) is 0.750. The van der Waals surface area contributed by atoms with Crippen LogP contribution in [0.5, 0.6) is 0 Å². The third-order valence-corrected chi connectivity index (χ3v) is 6.41. The number of nitrogens with zero attached hydrogens (tertiary/aromatic N) is 2. The van der Waals surface area contributed by atoms with Crippen LogP contribution in [-0.2, 0) is 10.0 Å². The summed E-state index contributed by atoms with van der Waals surface area (Å²) in [5, 5.41) is 10.2. The van der Waals surface area contributed by atoms with E-state index in [0.29, 0.717) is 41.3 Å². The Hall–Kier alpha value is -0.920. The molecular formula is C12H20N4O2S. The van der Waals surface area contributed by atoms with E-state index in [1.165, 1.54) is 0 Å². The van der Waals surface area contributed by atoms with Crippen molar-refractivity contribution in [2.24, 2.45) is 5.92 Å². The first-order valence-electron chi connectivity index (χ1n) is 6.75. The molecule has 1 aromatic rings. The first kappa shape index (κ1) is 13.1. The summed E-state index contributed by atoms with van der Waals surface area (Å²) < 4.78 is 27.1. The van der Waals surface area contributed by atoms with Gasteiger partial charge in [0.25, 0.3) is 0 Å². The van der Waals surface area contributed by atoms with Crippen molar-refractivity contribution in [1.82, 2.24) is 19.8 Å². The van der Waals surface area contributed by atoms with Crippen LogP contribution in [0.4, 0.5) is 0 Å². The number of fused-ring (bicyclic) bond motifs is 1. The Balaban J connectivity index is 1.89. The number of nitrogens with one attached hydrogen (secondary N) is 2. The summed E-state index contributed by atoms with van der Waals surface area (Å²) in [6.07, 6.45) is 1.97. The fourth-order valence-electron chi connectivity index (χ4n) is 3.28. The summed E-state index contributed by atoms with van der Waals surface area (Å²) in [4.78, 5) is 0.358. The number of aryl methyl sites for hydroxylation is 2. The number of H-pyrrole nitrogens is 1. The number of aromatic nitrogens is 2. The van der Waals surface area contributed by atoms with E-state index in [0.717, 1.165) is 19.4 Å². The molecule has 19 heavy (non-hydrogen) atoms. The molecule has 2 saturated heterocycles. The molecule has 2 N–H and O–H groups in total. The second kappa shape index (κ2) is 4.57. The second-order valence-electron chi connectivity index (χ2n) is 5.52. The Morgan fingerprint density at radius 1 is 1.32 bits per heavy atom. The van der Waals surface area contributed by atoms with Crippen molar-refractivity contribution >= 4 is 10.0 Å². The maximum Gasteiger partial charge on any atom is 0.246 e. The van der Waals surface area contributed by atoms with E-state index in [1.54, 1.807) is 18.2 Å². The van der Waals surface area contributed by atoms with Gasteiger partial charge in [-0.2, -0.15) is 9.40 Å². The largest absolute Gasteiger partial charge is 0.314 e. The van der Waals surface area contributed by atoms with Crippen LogP contribution in [0.2, 0.25) is 0 Å². The van der Waals surface area contributed by atoms with Gasteiger partial charge in [0.05, 0.1) is 11.4 Å². The molecule has 3 rings (SSSR count). The molecule has 0 amide bonds. The molecule has 2 aliphatic heterocycles. The zero-order valence-electron chi connectivity index (χ0n) is 11.3. The van der Waals surface area contributed by atoms with E-state index in [-0.39, 0.29) is 0 Å². The zero-order chi connectivity index (χ0) is 13.6. The Kier molecular flexibility index (Phi) is 3.15. The molecule has 0 bridgehead atoms. The molecule has 2 aliphatic rings. The Morgan fingerprint density at radius 2 is 2.11 bits per heavy atom. The smallest absolute Gasteiger partial charge is 0.246 e. The lowest BCUT2D eigenvalue weighted by atomic mass is 9.95. The summed E-state index contributed by atoms with van der Waals surface area (Å²) >= 11 is 0. The maximum absolute atomic E-state index is 12.7. The van der Waals surface area contributed by atoms with Crippen molar-refractivity contribution in [3.8, 4) is 0 Å². The lowest BCUT2D eigenvalue weighted by Crippen LogP contribution is -2.46. The van der Waals surface area contributed by atoms with E-state index in [1.807, 2.05) is 0 Å². The highest BCUT2D eigenvalue weighted by Crippen LogP contribution is 2.30. The van der Waals surface area contributed by atoms with Crippen LogP contribution in [-0.4, -0.2) is 48.6 Å². The average Bonchev–Trinajstić information content (AvgIpc) is 2.95. The van der Waals surface area contributed by atoms with Gasteiger partial charge in [-0.15, -0.1) is 0 Å². The highest BCUT2D eigenvalue weighted by Gasteiger charge is 2.39. The molecule has 106 valence electrons. The van der Waals surface area contributed by atoms with Crippen LogP contribution in [0.3, 0.4) is 0 Å². The van der Waals surface area contributed by atoms with Gasteiger partial charge in [-0.1, -0.05) is 0 Å². The maximum atomic E-state index is 12.7. The van der Waals surface area contributed by atoms with Crippen molar-refractivity contribution in [1.29, 1.82) is 0 Å². The molecule has 0 saturated carbocycles. The van der Waals surface area contributed by atoms with Crippen LogP contribution in [0.25, 0.3) is 0 Å². The molecule has 2 unspecified atom stereocenters. The zero-order valence-corrected chi connectivity index (χ0v) is 12.1. The number of aromatic amines is 1. The summed E-state index contributed by atoms with van der Waals surface area (Å²) in [7, 11) is -3.41. The Morgan fingerprint density at radius 3 is 2.79 bits per heavy atom. The fourth-order valence-corrected chi connectivity index (χ4v) is 5.13. The molecule has 0 spiro atoms. The molecule has 1 aromatic heterocycles. The second-order valence-corrected chi connectivity index (χ2v) is 7.40. The molecule has 2 atom stereocenters. The number of piperidine rings is 1. The van der Waals surface area contributed by atoms with Gasteiger partial charge in [0.1, 0.15) is 4.90 Å². The summed E-state index contributed by atoms with van der Waals surface area (Å²) in [5.74, 6) is 0.455. The highest BCUT2D eigenvalue weighted by molar-refractivity contribution is 7.89. The SMILES string of the molecule is Cc1n[nH]c(C)c1S(=O)(=O)N1CCC2NCCC2C1. The van der Waals surface area contributed by atoms with Gasteiger partial charge in [-0.3, -0.25) is 5.10 Å². The van der Waals surface area contributed by atoms with Crippen LogP contribution in [0, 0.1) is 19.8 Å². The van der Waals surface area contributed by atoms with E-state index in [9.17, 15) is 8.42 Å². The van der Waals surface area contributed by atoms with Gasteiger partial charge in [-0.05, 0) is 39.2 Å². The van der Waals surface area contributed by atoms with Crippen molar-refractivity contribution in [2.45, 2.75) is 37.6 Å². The topological polar surface area (TPSA) is 78.1 Å². The third kappa shape index (κ3) is 2.09. The average molecular weight is 284 g/mol. The number of sulfonamides is 1. The van der Waals surface area contributed by atoms with E-state index in [2.05, 4.69) is 15.5 Å².